The zero-order chi connectivity index (χ0) is 29.4. The van der Waals surface area contributed by atoms with E-state index in [2.05, 4.69) is 40.4 Å². The van der Waals surface area contributed by atoms with E-state index in [9.17, 15) is 13.2 Å². The molecule has 0 bridgehead atoms. The standard InChI is InChI=1S/C32H40ClN5O3S/c1-23-5-10-28(20-29(23)33)42(40,41)38-17-16-37-11-3-4-30(37)31(38)21-32(39)34-27-9-8-25-18-24(6-7-26(25)19-27)22-36-14-12-35(2)13-15-36/h3-7,10-11,18,20,27,31H,8-9,12-17,19,21-22H2,1-2H3,(H,34,39). The Balaban J connectivity index is 1.12. The van der Waals surface area contributed by atoms with E-state index in [4.69, 9.17) is 11.6 Å². The summed E-state index contributed by atoms with van der Waals surface area (Å²) >= 11 is 6.29. The molecule has 1 saturated heterocycles. The maximum Gasteiger partial charge on any atom is 0.243 e. The summed E-state index contributed by atoms with van der Waals surface area (Å²) in [5.41, 5.74) is 5.68. The SMILES string of the molecule is Cc1ccc(S(=O)(=O)N2CCn3cccc3C2CC(=O)NC2CCc3cc(CN4CCN(C)CC4)ccc3C2)cc1Cl. The molecule has 6 rings (SSSR count). The summed E-state index contributed by atoms with van der Waals surface area (Å²) in [5, 5.41) is 3.65. The summed E-state index contributed by atoms with van der Waals surface area (Å²) in [7, 11) is -1.68. The van der Waals surface area contributed by atoms with Crippen LogP contribution in [0.25, 0.3) is 0 Å². The van der Waals surface area contributed by atoms with Gasteiger partial charge in [-0.05, 0) is 79.8 Å². The summed E-state index contributed by atoms with van der Waals surface area (Å²) in [4.78, 5) is 18.5. The van der Waals surface area contributed by atoms with Gasteiger partial charge >= 0.3 is 0 Å². The topological polar surface area (TPSA) is 77.9 Å². The molecular formula is C32H40ClN5O3S. The van der Waals surface area contributed by atoms with Gasteiger partial charge in [0.2, 0.25) is 15.9 Å². The Bertz CT molecular complexity index is 1560. The first-order valence-corrected chi connectivity index (χ1v) is 16.7. The van der Waals surface area contributed by atoms with Crippen molar-refractivity contribution >= 4 is 27.5 Å². The number of halogens is 1. The minimum Gasteiger partial charge on any atom is -0.353 e. The number of benzene rings is 2. The lowest BCUT2D eigenvalue weighted by atomic mass is 9.87. The maximum atomic E-state index is 13.8. The van der Waals surface area contributed by atoms with Crippen molar-refractivity contribution < 1.29 is 13.2 Å². The quantitative estimate of drug-likeness (QED) is 0.438. The van der Waals surface area contributed by atoms with Gasteiger partial charge < -0.3 is 14.8 Å². The number of piperazine rings is 1. The number of rotatable bonds is 7. The number of carbonyl (C=O) groups excluding carboxylic acids is 1. The van der Waals surface area contributed by atoms with Crippen LogP contribution in [0.4, 0.5) is 0 Å². The van der Waals surface area contributed by atoms with E-state index >= 15 is 0 Å². The molecule has 3 heterocycles. The molecule has 1 aliphatic carbocycles. The van der Waals surface area contributed by atoms with Crippen LogP contribution in [0.1, 0.15) is 46.8 Å². The molecular weight excluding hydrogens is 570 g/mol. The zero-order valence-corrected chi connectivity index (χ0v) is 26.0. The smallest absolute Gasteiger partial charge is 0.243 e. The normalized spacial score (nSPS) is 22.0. The molecule has 3 aliphatic rings. The average molecular weight is 610 g/mol. The lowest BCUT2D eigenvalue weighted by molar-refractivity contribution is -0.123. The van der Waals surface area contributed by atoms with E-state index in [1.54, 1.807) is 12.1 Å². The number of fused-ring (bicyclic) bond motifs is 2. The number of nitrogens with zero attached hydrogens (tertiary/aromatic N) is 4. The van der Waals surface area contributed by atoms with E-state index < -0.39 is 16.1 Å². The second-order valence-electron chi connectivity index (χ2n) is 12.1. The van der Waals surface area contributed by atoms with Crippen molar-refractivity contribution in [1.29, 1.82) is 0 Å². The number of nitrogens with one attached hydrogen (secondary N) is 1. The molecule has 224 valence electrons. The highest BCUT2D eigenvalue weighted by Crippen LogP contribution is 2.35. The first-order chi connectivity index (χ1) is 20.2. The summed E-state index contributed by atoms with van der Waals surface area (Å²) < 4.78 is 31.1. The van der Waals surface area contributed by atoms with Crippen LogP contribution in [0.5, 0.6) is 0 Å². The third-order valence-electron chi connectivity index (χ3n) is 9.11. The Hall–Kier alpha value is -2.69. The largest absolute Gasteiger partial charge is 0.353 e. The minimum atomic E-state index is -3.86. The molecule has 2 aromatic carbocycles. The van der Waals surface area contributed by atoms with Gasteiger partial charge in [0.1, 0.15) is 0 Å². The highest BCUT2D eigenvalue weighted by atomic mass is 35.5. The zero-order valence-electron chi connectivity index (χ0n) is 24.4. The highest BCUT2D eigenvalue weighted by molar-refractivity contribution is 7.89. The van der Waals surface area contributed by atoms with E-state index in [0.717, 1.165) is 63.2 Å². The van der Waals surface area contributed by atoms with Crippen molar-refractivity contribution in [2.24, 2.45) is 0 Å². The lowest BCUT2D eigenvalue weighted by Crippen LogP contribution is -2.45. The van der Waals surface area contributed by atoms with Crippen LogP contribution < -0.4 is 5.32 Å². The Labute approximate surface area is 254 Å². The van der Waals surface area contributed by atoms with Crippen LogP contribution >= 0.6 is 11.6 Å². The van der Waals surface area contributed by atoms with E-state index in [0.29, 0.717) is 18.1 Å². The number of aryl methyl sites for hydroxylation is 2. The van der Waals surface area contributed by atoms with E-state index in [1.165, 1.54) is 27.1 Å². The molecule has 2 unspecified atom stereocenters. The number of likely N-dealkylation sites (N-methyl/N-ethyl adjacent to an activating group) is 1. The molecule has 1 aromatic heterocycles. The molecule has 1 N–H and O–H groups in total. The molecule has 10 heteroatoms. The van der Waals surface area contributed by atoms with Gasteiger partial charge in [0.25, 0.3) is 0 Å². The number of carbonyl (C=O) groups is 1. The fourth-order valence-electron chi connectivity index (χ4n) is 6.56. The van der Waals surface area contributed by atoms with Gasteiger partial charge in [-0.15, -0.1) is 0 Å². The monoisotopic (exact) mass is 609 g/mol. The Kier molecular flexibility index (Phi) is 8.49. The third kappa shape index (κ3) is 6.17. The van der Waals surface area contributed by atoms with Crippen LogP contribution in [0.2, 0.25) is 5.02 Å². The van der Waals surface area contributed by atoms with Crippen LogP contribution in [0, 0.1) is 6.92 Å². The van der Waals surface area contributed by atoms with Crippen molar-refractivity contribution in [3.05, 3.63) is 87.7 Å². The van der Waals surface area contributed by atoms with Gasteiger partial charge in [0.05, 0.1) is 10.9 Å². The second kappa shape index (κ2) is 12.1. The molecule has 1 fully saturated rings. The third-order valence-corrected chi connectivity index (χ3v) is 11.4. The van der Waals surface area contributed by atoms with Crippen LogP contribution in [0.3, 0.4) is 0 Å². The van der Waals surface area contributed by atoms with Gasteiger partial charge in [-0.3, -0.25) is 9.69 Å². The predicted octanol–water partition coefficient (Wildman–Crippen LogP) is 4.01. The first kappa shape index (κ1) is 29.4. The Morgan fingerprint density at radius 2 is 1.81 bits per heavy atom. The summed E-state index contributed by atoms with van der Waals surface area (Å²) in [6, 6.07) is 14.9. The van der Waals surface area contributed by atoms with Crippen LogP contribution in [0.15, 0.2) is 59.6 Å². The molecule has 0 spiro atoms. The minimum absolute atomic E-state index is 0.0322. The predicted molar refractivity (Wildman–Crippen MR) is 165 cm³/mol. The first-order valence-electron chi connectivity index (χ1n) is 14.9. The second-order valence-corrected chi connectivity index (χ2v) is 14.4. The maximum absolute atomic E-state index is 13.8. The van der Waals surface area contributed by atoms with Crippen molar-refractivity contribution in [2.75, 3.05) is 39.8 Å². The molecule has 42 heavy (non-hydrogen) atoms. The van der Waals surface area contributed by atoms with Crippen molar-refractivity contribution in [2.45, 2.75) is 62.7 Å². The van der Waals surface area contributed by atoms with Gasteiger partial charge in [-0.25, -0.2) is 8.42 Å². The van der Waals surface area contributed by atoms with Gasteiger partial charge in [-0.2, -0.15) is 4.31 Å². The van der Waals surface area contributed by atoms with Gasteiger partial charge in [0, 0.05) is 75.2 Å². The molecule has 1 amide bonds. The van der Waals surface area contributed by atoms with Crippen molar-refractivity contribution in [1.82, 2.24) is 24.0 Å². The van der Waals surface area contributed by atoms with Crippen molar-refractivity contribution in [3.8, 4) is 0 Å². The summed E-state index contributed by atoms with van der Waals surface area (Å²) in [5.74, 6) is -0.128. The molecule has 2 aliphatic heterocycles. The number of hydrogen-bond acceptors (Lipinski definition) is 5. The molecule has 3 aromatic rings. The van der Waals surface area contributed by atoms with Crippen LogP contribution in [-0.4, -0.2) is 78.8 Å². The van der Waals surface area contributed by atoms with E-state index in [1.807, 2.05) is 29.8 Å². The number of aromatic nitrogens is 1. The van der Waals surface area contributed by atoms with Crippen LogP contribution in [-0.2, 0) is 40.7 Å². The molecule has 0 radical (unpaired) electrons. The molecule has 2 atom stereocenters. The fraction of sp³-hybridized carbons (Fsp3) is 0.469. The van der Waals surface area contributed by atoms with Gasteiger partial charge in [-0.1, -0.05) is 35.9 Å². The van der Waals surface area contributed by atoms with Crippen molar-refractivity contribution in [3.63, 3.8) is 0 Å². The average Bonchev–Trinajstić information content (AvgIpc) is 3.45. The Morgan fingerprint density at radius 1 is 1.00 bits per heavy atom. The molecule has 0 saturated carbocycles. The number of hydrogen-bond donors (Lipinski definition) is 1. The number of sulfonamides is 1. The van der Waals surface area contributed by atoms with Gasteiger partial charge in [0.15, 0.2) is 0 Å². The summed E-state index contributed by atoms with van der Waals surface area (Å²) in [6.45, 7) is 8.09. The van der Waals surface area contributed by atoms with E-state index in [-0.39, 0.29) is 23.3 Å². The Morgan fingerprint density at radius 3 is 2.60 bits per heavy atom. The summed E-state index contributed by atoms with van der Waals surface area (Å²) in [6.07, 6.45) is 4.61. The fourth-order valence-corrected chi connectivity index (χ4v) is 8.43. The highest BCUT2D eigenvalue weighted by Gasteiger charge is 2.38. The number of amides is 1. The molecule has 8 nitrogen and oxygen atoms in total. The lowest BCUT2D eigenvalue weighted by Gasteiger charge is -2.36.